The van der Waals surface area contributed by atoms with Crippen molar-refractivity contribution in [2.75, 3.05) is 5.32 Å². The number of rotatable bonds is 3. The van der Waals surface area contributed by atoms with Crippen LogP contribution in [0.5, 0.6) is 0 Å². The van der Waals surface area contributed by atoms with Gasteiger partial charge in [0.15, 0.2) is 11.6 Å². The summed E-state index contributed by atoms with van der Waals surface area (Å²) in [4.78, 5) is 11.8. The highest BCUT2D eigenvalue weighted by atomic mass is 19.2. The maximum absolute atomic E-state index is 13.0. The fourth-order valence-corrected chi connectivity index (χ4v) is 1.62. The fourth-order valence-electron chi connectivity index (χ4n) is 1.62. The molecule has 0 unspecified atom stereocenters. The van der Waals surface area contributed by atoms with E-state index in [9.17, 15) is 13.6 Å². The van der Waals surface area contributed by atoms with E-state index in [2.05, 4.69) is 5.32 Å². The molecule has 0 saturated carbocycles. The molecule has 3 N–H and O–H groups in total. The average molecular weight is 262 g/mol. The van der Waals surface area contributed by atoms with Gasteiger partial charge in [-0.25, -0.2) is 8.78 Å². The molecule has 0 spiro atoms. The van der Waals surface area contributed by atoms with Crippen LogP contribution >= 0.6 is 0 Å². The van der Waals surface area contributed by atoms with Gasteiger partial charge in [0.1, 0.15) is 0 Å². The Morgan fingerprint density at radius 1 is 1.11 bits per heavy atom. The van der Waals surface area contributed by atoms with Gasteiger partial charge in [-0.2, -0.15) is 0 Å². The summed E-state index contributed by atoms with van der Waals surface area (Å²) in [5, 5.41) is 2.60. The second kappa shape index (κ2) is 5.58. The molecule has 0 aliphatic carbocycles. The van der Waals surface area contributed by atoms with Crippen molar-refractivity contribution in [3.63, 3.8) is 0 Å². The molecular weight excluding hydrogens is 250 g/mol. The lowest BCUT2D eigenvalue weighted by molar-refractivity contribution is 0.102. The van der Waals surface area contributed by atoms with Gasteiger partial charge in [-0.1, -0.05) is 12.1 Å². The van der Waals surface area contributed by atoms with E-state index < -0.39 is 17.5 Å². The molecule has 1 amide bonds. The zero-order valence-corrected chi connectivity index (χ0v) is 9.99. The lowest BCUT2D eigenvalue weighted by Gasteiger charge is -2.07. The van der Waals surface area contributed by atoms with E-state index in [1.165, 1.54) is 6.07 Å². The first-order chi connectivity index (χ1) is 9.10. The minimum absolute atomic E-state index is 0.0528. The Hall–Kier alpha value is -2.27. The van der Waals surface area contributed by atoms with E-state index in [1.807, 2.05) is 6.07 Å². The zero-order chi connectivity index (χ0) is 13.8. The van der Waals surface area contributed by atoms with Crippen molar-refractivity contribution in [3.8, 4) is 0 Å². The molecule has 5 heteroatoms. The summed E-state index contributed by atoms with van der Waals surface area (Å²) >= 11 is 0. The molecule has 19 heavy (non-hydrogen) atoms. The lowest BCUT2D eigenvalue weighted by atomic mass is 10.1. The van der Waals surface area contributed by atoms with Gasteiger partial charge in [0.05, 0.1) is 0 Å². The van der Waals surface area contributed by atoms with Gasteiger partial charge in [0.25, 0.3) is 5.91 Å². The molecule has 0 aliphatic rings. The number of halogens is 2. The number of nitrogens with one attached hydrogen (secondary N) is 1. The Bertz CT molecular complexity index is 614. The second-order valence-corrected chi connectivity index (χ2v) is 3.99. The molecule has 0 atom stereocenters. The van der Waals surface area contributed by atoms with Crippen molar-refractivity contribution >= 4 is 11.6 Å². The Labute approximate surface area is 109 Å². The maximum Gasteiger partial charge on any atom is 0.255 e. The summed E-state index contributed by atoms with van der Waals surface area (Å²) in [6.45, 7) is 0.356. The van der Waals surface area contributed by atoms with Crippen molar-refractivity contribution in [2.45, 2.75) is 6.54 Å². The molecule has 0 radical (unpaired) electrons. The van der Waals surface area contributed by atoms with E-state index in [1.54, 1.807) is 18.2 Å². The van der Waals surface area contributed by atoms with Crippen LogP contribution in [0.25, 0.3) is 0 Å². The molecule has 3 nitrogen and oxygen atoms in total. The second-order valence-electron chi connectivity index (χ2n) is 3.99. The standard InChI is InChI=1S/C14H12F2N2O/c15-12-5-4-10(7-13(12)16)14(19)18-11-3-1-2-9(6-11)8-17/h1-7H,8,17H2,(H,18,19). The zero-order valence-electron chi connectivity index (χ0n) is 9.99. The number of carbonyl (C=O) groups excluding carboxylic acids is 1. The number of hydrogen-bond acceptors (Lipinski definition) is 2. The van der Waals surface area contributed by atoms with Crippen LogP contribution in [0.3, 0.4) is 0 Å². The maximum atomic E-state index is 13.0. The van der Waals surface area contributed by atoms with E-state index in [4.69, 9.17) is 5.73 Å². The lowest BCUT2D eigenvalue weighted by Crippen LogP contribution is -2.12. The summed E-state index contributed by atoms with van der Waals surface area (Å²) in [7, 11) is 0. The third-order valence-corrected chi connectivity index (χ3v) is 2.60. The third kappa shape index (κ3) is 3.14. The normalized spacial score (nSPS) is 10.3. The minimum Gasteiger partial charge on any atom is -0.326 e. The summed E-state index contributed by atoms with van der Waals surface area (Å²) in [5.41, 5.74) is 6.96. The summed E-state index contributed by atoms with van der Waals surface area (Å²) in [6.07, 6.45) is 0. The van der Waals surface area contributed by atoms with Crippen LogP contribution in [0.15, 0.2) is 42.5 Å². The molecule has 0 fully saturated rings. The van der Waals surface area contributed by atoms with Crippen LogP contribution in [0, 0.1) is 11.6 Å². The van der Waals surface area contributed by atoms with E-state index in [0.717, 1.165) is 17.7 Å². The van der Waals surface area contributed by atoms with Crippen molar-refractivity contribution in [1.82, 2.24) is 0 Å². The van der Waals surface area contributed by atoms with Crippen molar-refractivity contribution in [3.05, 3.63) is 65.2 Å². The van der Waals surface area contributed by atoms with Crippen LogP contribution in [0.2, 0.25) is 0 Å². The first-order valence-corrected chi connectivity index (χ1v) is 5.65. The van der Waals surface area contributed by atoms with Gasteiger partial charge < -0.3 is 11.1 Å². The SMILES string of the molecule is NCc1cccc(NC(=O)c2ccc(F)c(F)c2)c1. The highest BCUT2D eigenvalue weighted by Gasteiger charge is 2.10. The average Bonchev–Trinajstić information content (AvgIpc) is 2.42. The monoisotopic (exact) mass is 262 g/mol. The summed E-state index contributed by atoms with van der Waals surface area (Å²) < 4.78 is 25.8. The van der Waals surface area contributed by atoms with Gasteiger partial charge in [0.2, 0.25) is 0 Å². The quantitative estimate of drug-likeness (QED) is 0.893. The van der Waals surface area contributed by atoms with Crippen LogP contribution in [0.1, 0.15) is 15.9 Å². The van der Waals surface area contributed by atoms with Crippen LogP contribution in [-0.2, 0) is 6.54 Å². The molecule has 0 bridgehead atoms. The van der Waals surface area contributed by atoms with E-state index >= 15 is 0 Å². The number of hydrogen-bond donors (Lipinski definition) is 2. The van der Waals surface area contributed by atoms with Gasteiger partial charge in [-0.3, -0.25) is 4.79 Å². The van der Waals surface area contributed by atoms with Gasteiger partial charge >= 0.3 is 0 Å². The fraction of sp³-hybridized carbons (Fsp3) is 0.0714. The summed E-state index contributed by atoms with van der Waals surface area (Å²) in [5.74, 6) is -2.54. The van der Waals surface area contributed by atoms with Crippen LogP contribution in [-0.4, -0.2) is 5.91 Å². The highest BCUT2D eigenvalue weighted by molar-refractivity contribution is 6.04. The molecule has 0 aliphatic heterocycles. The number of benzene rings is 2. The van der Waals surface area contributed by atoms with Gasteiger partial charge in [-0.05, 0) is 35.9 Å². The Morgan fingerprint density at radius 2 is 1.89 bits per heavy atom. The topological polar surface area (TPSA) is 55.1 Å². The predicted molar refractivity (Wildman–Crippen MR) is 68.6 cm³/mol. The van der Waals surface area contributed by atoms with Crippen molar-refractivity contribution < 1.29 is 13.6 Å². The van der Waals surface area contributed by atoms with E-state index in [-0.39, 0.29) is 5.56 Å². The molecule has 0 heterocycles. The number of carbonyl (C=O) groups is 1. The van der Waals surface area contributed by atoms with Gasteiger partial charge in [-0.15, -0.1) is 0 Å². The molecule has 2 aromatic carbocycles. The molecule has 0 saturated heterocycles. The number of nitrogens with two attached hydrogens (primary N) is 1. The first-order valence-electron chi connectivity index (χ1n) is 5.65. The van der Waals surface area contributed by atoms with Gasteiger partial charge in [0, 0.05) is 17.8 Å². The third-order valence-electron chi connectivity index (χ3n) is 2.60. The largest absolute Gasteiger partial charge is 0.326 e. The highest BCUT2D eigenvalue weighted by Crippen LogP contribution is 2.13. The summed E-state index contributed by atoms with van der Waals surface area (Å²) in [6, 6.07) is 9.99. The Kier molecular flexibility index (Phi) is 3.87. The first kappa shape index (κ1) is 13.2. The molecule has 2 aromatic rings. The molecular formula is C14H12F2N2O. The molecule has 0 aromatic heterocycles. The number of anilines is 1. The van der Waals surface area contributed by atoms with Crippen molar-refractivity contribution in [2.24, 2.45) is 5.73 Å². The minimum atomic E-state index is -1.05. The van der Waals surface area contributed by atoms with Crippen LogP contribution < -0.4 is 11.1 Å². The smallest absolute Gasteiger partial charge is 0.255 e. The van der Waals surface area contributed by atoms with E-state index in [0.29, 0.717) is 12.2 Å². The van der Waals surface area contributed by atoms with Crippen LogP contribution in [0.4, 0.5) is 14.5 Å². The van der Waals surface area contributed by atoms with Crippen molar-refractivity contribution in [1.29, 1.82) is 0 Å². The molecule has 2 rings (SSSR count). The Balaban J connectivity index is 2.18. The molecule has 98 valence electrons. The predicted octanol–water partition coefficient (Wildman–Crippen LogP) is 2.68. The number of amides is 1. The Morgan fingerprint density at radius 3 is 2.58 bits per heavy atom.